The summed E-state index contributed by atoms with van der Waals surface area (Å²) in [6, 6.07) is 21.4. The number of halogens is 2. The van der Waals surface area contributed by atoms with Crippen LogP contribution in [-0.4, -0.2) is 15.9 Å². The molecular weight excluding hydrogens is 447 g/mol. The van der Waals surface area contributed by atoms with Crippen LogP contribution in [0.1, 0.15) is 11.4 Å². The van der Waals surface area contributed by atoms with Gasteiger partial charge in [0, 0.05) is 5.69 Å². The van der Waals surface area contributed by atoms with E-state index in [-0.39, 0.29) is 5.57 Å². The molecule has 2 N–H and O–H groups in total. The normalized spacial score (nSPS) is 11.2. The van der Waals surface area contributed by atoms with Gasteiger partial charge in [0.05, 0.1) is 21.1 Å². The Labute approximate surface area is 194 Å². The fourth-order valence-corrected chi connectivity index (χ4v) is 3.27. The second-order valence-corrected chi connectivity index (χ2v) is 7.63. The highest BCUT2D eigenvalue weighted by atomic mass is 35.5. The van der Waals surface area contributed by atoms with Gasteiger partial charge in [0.15, 0.2) is 0 Å². The second kappa shape index (κ2) is 9.56. The van der Waals surface area contributed by atoms with Gasteiger partial charge in [-0.05, 0) is 54.1 Å². The first kappa shape index (κ1) is 21.4. The number of anilines is 1. The van der Waals surface area contributed by atoms with Crippen molar-refractivity contribution >= 4 is 51.9 Å². The Morgan fingerprint density at radius 1 is 1.09 bits per heavy atom. The van der Waals surface area contributed by atoms with Crippen molar-refractivity contribution in [2.45, 2.75) is 6.61 Å². The molecule has 0 saturated carbocycles. The molecule has 4 aromatic rings. The predicted octanol–water partition coefficient (Wildman–Crippen LogP) is 5.99. The Morgan fingerprint density at radius 3 is 2.59 bits per heavy atom. The van der Waals surface area contributed by atoms with Crippen LogP contribution in [0.5, 0.6) is 5.75 Å². The lowest BCUT2D eigenvalue weighted by molar-refractivity contribution is -0.112. The van der Waals surface area contributed by atoms with Gasteiger partial charge < -0.3 is 15.0 Å². The molecule has 0 saturated heterocycles. The molecular formula is C24H16Cl2N4O2. The number of para-hydroxylation sites is 2. The van der Waals surface area contributed by atoms with Gasteiger partial charge in [-0.15, -0.1) is 0 Å². The number of H-pyrrole nitrogens is 1. The number of benzene rings is 3. The smallest absolute Gasteiger partial charge is 0.266 e. The minimum atomic E-state index is -0.545. The molecule has 0 aliphatic rings. The van der Waals surface area contributed by atoms with Crippen LogP contribution in [0.25, 0.3) is 17.1 Å². The highest BCUT2D eigenvalue weighted by Crippen LogP contribution is 2.25. The van der Waals surface area contributed by atoms with E-state index in [0.29, 0.717) is 33.7 Å². The average Bonchev–Trinajstić information content (AvgIpc) is 3.22. The zero-order valence-corrected chi connectivity index (χ0v) is 18.1. The lowest BCUT2D eigenvalue weighted by Crippen LogP contribution is -2.13. The number of nitrogens with zero attached hydrogens (tertiary/aromatic N) is 2. The highest BCUT2D eigenvalue weighted by Gasteiger charge is 2.11. The third-order valence-corrected chi connectivity index (χ3v) is 5.29. The Kier molecular flexibility index (Phi) is 6.41. The topological polar surface area (TPSA) is 90.8 Å². The van der Waals surface area contributed by atoms with Crippen molar-refractivity contribution in [1.82, 2.24) is 9.97 Å². The van der Waals surface area contributed by atoms with Crippen LogP contribution in [-0.2, 0) is 11.4 Å². The molecule has 0 unspecified atom stereocenters. The molecule has 0 radical (unpaired) electrons. The van der Waals surface area contributed by atoms with Crippen molar-refractivity contribution in [2.24, 2.45) is 0 Å². The van der Waals surface area contributed by atoms with E-state index in [9.17, 15) is 10.1 Å². The molecule has 4 rings (SSSR count). The molecule has 0 aliphatic carbocycles. The van der Waals surface area contributed by atoms with Crippen molar-refractivity contribution in [3.05, 3.63) is 93.7 Å². The molecule has 0 bridgehead atoms. The van der Waals surface area contributed by atoms with Crippen molar-refractivity contribution in [3.8, 4) is 11.8 Å². The van der Waals surface area contributed by atoms with Crippen LogP contribution in [0.3, 0.4) is 0 Å². The third-order valence-electron chi connectivity index (χ3n) is 4.55. The molecule has 0 fully saturated rings. The van der Waals surface area contributed by atoms with Crippen LogP contribution >= 0.6 is 23.2 Å². The average molecular weight is 463 g/mol. The summed E-state index contributed by atoms with van der Waals surface area (Å²) in [5, 5.41) is 12.7. The first-order chi connectivity index (χ1) is 15.5. The van der Waals surface area contributed by atoms with E-state index in [4.69, 9.17) is 27.9 Å². The number of nitriles is 1. The molecule has 8 heteroatoms. The minimum Gasteiger partial charge on any atom is -0.486 e. The number of carbonyl (C=O) groups excluding carboxylic acids is 1. The number of amides is 1. The molecule has 0 spiro atoms. The Hall–Kier alpha value is -3.79. The Balaban J connectivity index is 1.40. The van der Waals surface area contributed by atoms with Gasteiger partial charge in [-0.25, -0.2) is 4.98 Å². The number of ether oxygens (including phenoxy) is 1. The van der Waals surface area contributed by atoms with Crippen LogP contribution in [0.2, 0.25) is 10.0 Å². The van der Waals surface area contributed by atoms with E-state index in [1.165, 1.54) is 12.1 Å². The van der Waals surface area contributed by atoms with Gasteiger partial charge >= 0.3 is 0 Å². The van der Waals surface area contributed by atoms with E-state index in [1.807, 2.05) is 30.3 Å². The molecule has 1 heterocycles. The number of fused-ring (bicyclic) bond motifs is 1. The van der Waals surface area contributed by atoms with Gasteiger partial charge in [-0.1, -0.05) is 47.5 Å². The van der Waals surface area contributed by atoms with E-state index >= 15 is 0 Å². The first-order valence-electron chi connectivity index (χ1n) is 9.56. The lowest BCUT2D eigenvalue weighted by Gasteiger charge is -2.06. The van der Waals surface area contributed by atoms with Crippen molar-refractivity contribution < 1.29 is 9.53 Å². The van der Waals surface area contributed by atoms with E-state index in [1.54, 1.807) is 36.4 Å². The van der Waals surface area contributed by atoms with Gasteiger partial charge in [0.1, 0.15) is 29.8 Å². The van der Waals surface area contributed by atoms with Gasteiger partial charge in [-0.3, -0.25) is 4.79 Å². The Bertz CT molecular complexity index is 1320. The summed E-state index contributed by atoms with van der Waals surface area (Å²) < 4.78 is 5.77. The van der Waals surface area contributed by atoms with Gasteiger partial charge in [-0.2, -0.15) is 5.26 Å². The molecule has 0 atom stereocenters. The largest absolute Gasteiger partial charge is 0.486 e. The minimum absolute atomic E-state index is 0.0491. The number of aromatic nitrogens is 2. The monoisotopic (exact) mass is 462 g/mol. The van der Waals surface area contributed by atoms with E-state index in [2.05, 4.69) is 15.3 Å². The molecule has 3 aromatic carbocycles. The van der Waals surface area contributed by atoms with Gasteiger partial charge in [0.25, 0.3) is 5.91 Å². The van der Waals surface area contributed by atoms with Crippen molar-refractivity contribution in [2.75, 3.05) is 5.32 Å². The zero-order valence-electron chi connectivity index (χ0n) is 16.6. The number of aromatic amines is 1. The quantitative estimate of drug-likeness (QED) is 0.271. The summed E-state index contributed by atoms with van der Waals surface area (Å²) >= 11 is 11.8. The zero-order chi connectivity index (χ0) is 22.5. The fourth-order valence-electron chi connectivity index (χ4n) is 2.97. The van der Waals surface area contributed by atoms with Crippen molar-refractivity contribution in [1.29, 1.82) is 5.26 Å². The fraction of sp³-hybridized carbons (Fsp3) is 0.0417. The standard InChI is InChI=1S/C24H16Cl2N4O2/c25-19-10-7-17(12-20(19)26)28-24(31)16(13-27)11-15-5-8-18(9-6-15)32-14-23-29-21-3-1-2-4-22(21)30-23/h1-12H,14H2,(H,28,31)(H,29,30)/b16-11-. The second-order valence-electron chi connectivity index (χ2n) is 6.81. The highest BCUT2D eigenvalue weighted by molar-refractivity contribution is 6.42. The number of hydrogen-bond acceptors (Lipinski definition) is 4. The summed E-state index contributed by atoms with van der Waals surface area (Å²) in [7, 11) is 0. The van der Waals surface area contributed by atoms with Crippen LogP contribution in [0.15, 0.2) is 72.3 Å². The maximum Gasteiger partial charge on any atom is 0.266 e. The maximum atomic E-state index is 12.4. The van der Waals surface area contributed by atoms with Crippen LogP contribution in [0.4, 0.5) is 5.69 Å². The molecule has 1 aromatic heterocycles. The number of hydrogen-bond donors (Lipinski definition) is 2. The van der Waals surface area contributed by atoms with Crippen LogP contribution < -0.4 is 10.1 Å². The maximum absolute atomic E-state index is 12.4. The molecule has 32 heavy (non-hydrogen) atoms. The van der Waals surface area contributed by atoms with E-state index < -0.39 is 5.91 Å². The SMILES string of the molecule is N#C/C(=C/c1ccc(OCc2nc3ccccc3[nH]2)cc1)C(=O)Nc1ccc(Cl)c(Cl)c1. The third kappa shape index (κ3) is 5.09. The molecule has 6 nitrogen and oxygen atoms in total. The number of nitrogens with one attached hydrogen (secondary N) is 2. The number of rotatable bonds is 6. The van der Waals surface area contributed by atoms with Crippen molar-refractivity contribution in [3.63, 3.8) is 0 Å². The Morgan fingerprint density at radius 2 is 1.88 bits per heavy atom. The molecule has 158 valence electrons. The van der Waals surface area contributed by atoms with E-state index in [0.717, 1.165) is 16.9 Å². The van der Waals surface area contributed by atoms with Crippen LogP contribution in [0, 0.1) is 11.3 Å². The van der Waals surface area contributed by atoms with Gasteiger partial charge in [0.2, 0.25) is 0 Å². The summed E-state index contributed by atoms with van der Waals surface area (Å²) in [4.78, 5) is 20.1. The number of carbonyl (C=O) groups is 1. The lowest BCUT2D eigenvalue weighted by atomic mass is 10.1. The summed E-state index contributed by atoms with van der Waals surface area (Å²) in [5.41, 5.74) is 2.92. The summed E-state index contributed by atoms with van der Waals surface area (Å²) in [5.74, 6) is 0.818. The summed E-state index contributed by atoms with van der Waals surface area (Å²) in [6.45, 7) is 0.291. The summed E-state index contributed by atoms with van der Waals surface area (Å²) in [6.07, 6.45) is 1.50. The molecule has 0 aliphatic heterocycles. The number of imidazole rings is 1. The molecule has 1 amide bonds. The first-order valence-corrected chi connectivity index (χ1v) is 10.3. The predicted molar refractivity (Wildman–Crippen MR) is 126 cm³/mol.